The summed E-state index contributed by atoms with van der Waals surface area (Å²) >= 11 is 0. The first kappa shape index (κ1) is 16.5. The Labute approximate surface area is 119 Å². The number of hydrogen-bond acceptors (Lipinski definition) is 3. The largest absolute Gasteiger partial charge is 0.481 e. The lowest BCUT2D eigenvalue weighted by molar-refractivity contribution is -0.154. The number of nitrogens with two attached hydrogens (primary N) is 1. The topological polar surface area (TPSA) is 101 Å². The van der Waals surface area contributed by atoms with Crippen LogP contribution < -0.4 is 5.73 Å². The van der Waals surface area contributed by atoms with Gasteiger partial charge in [0, 0.05) is 25.4 Å². The van der Waals surface area contributed by atoms with Crippen molar-refractivity contribution in [3.8, 4) is 0 Å². The molecule has 0 aromatic heterocycles. The molecule has 1 heterocycles. The maximum absolute atomic E-state index is 12.3. The standard InChI is InChI=1S/C14H24N2O4/c1-3-14(4-2,13(19)20)9-11(17)16-7-5-10(6-8-16)12(15)18/h10H,3-9H2,1-2H3,(H2,15,18)(H,19,20). The monoisotopic (exact) mass is 284 g/mol. The smallest absolute Gasteiger partial charge is 0.310 e. The molecule has 20 heavy (non-hydrogen) atoms. The molecule has 6 heteroatoms. The Morgan fingerprint density at radius 2 is 1.70 bits per heavy atom. The SMILES string of the molecule is CCC(CC)(CC(=O)N1CCC(C(N)=O)CC1)C(=O)O. The van der Waals surface area contributed by atoms with E-state index in [1.165, 1.54) is 0 Å². The number of primary amides is 1. The molecule has 0 unspecified atom stereocenters. The number of amides is 2. The second-order valence-electron chi connectivity index (χ2n) is 5.53. The highest BCUT2D eigenvalue weighted by Gasteiger charge is 2.39. The van der Waals surface area contributed by atoms with Gasteiger partial charge in [0.05, 0.1) is 5.41 Å². The zero-order chi connectivity index (χ0) is 15.3. The van der Waals surface area contributed by atoms with Crippen LogP contribution in [-0.4, -0.2) is 40.9 Å². The zero-order valence-electron chi connectivity index (χ0n) is 12.2. The van der Waals surface area contributed by atoms with Crippen LogP contribution in [0.1, 0.15) is 46.0 Å². The molecule has 3 N–H and O–H groups in total. The van der Waals surface area contributed by atoms with Crippen LogP contribution in [0.2, 0.25) is 0 Å². The molecular weight excluding hydrogens is 260 g/mol. The van der Waals surface area contributed by atoms with E-state index >= 15 is 0 Å². The molecule has 0 saturated carbocycles. The van der Waals surface area contributed by atoms with E-state index in [1.54, 1.807) is 18.7 Å². The second-order valence-corrected chi connectivity index (χ2v) is 5.53. The number of piperidine rings is 1. The van der Waals surface area contributed by atoms with Crippen molar-refractivity contribution < 1.29 is 19.5 Å². The molecule has 114 valence electrons. The number of carbonyl (C=O) groups excluding carboxylic acids is 2. The van der Waals surface area contributed by atoms with Crippen molar-refractivity contribution in [2.24, 2.45) is 17.1 Å². The van der Waals surface area contributed by atoms with Gasteiger partial charge in [0.25, 0.3) is 0 Å². The summed E-state index contributed by atoms with van der Waals surface area (Å²) < 4.78 is 0. The normalized spacial score (nSPS) is 17.0. The van der Waals surface area contributed by atoms with Crippen LogP contribution in [0.5, 0.6) is 0 Å². The maximum atomic E-state index is 12.3. The Hall–Kier alpha value is -1.59. The summed E-state index contributed by atoms with van der Waals surface area (Å²) in [5.74, 6) is -1.54. The molecule has 1 fully saturated rings. The van der Waals surface area contributed by atoms with E-state index in [-0.39, 0.29) is 24.2 Å². The minimum Gasteiger partial charge on any atom is -0.481 e. The molecule has 0 bridgehead atoms. The molecule has 0 spiro atoms. The van der Waals surface area contributed by atoms with Gasteiger partial charge in [-0.25, -0.2) is 0 Å². The van der Waals surface area contributed by atoms with E-state index in [4.69, 9.17) is 5.73 Å². The van der Waals surface area contributed by atoms with Crippen molar-refractivity contribution in [2.75, 3.05) is 13.1 Å². The zero-order valence-corrected chi connectivity index (χ0v) is 12.2. The van der Waals surface area contributed by atoms with Crippen LogP contribution in [0, 0.1) is 11.3 Å². The molecule has 0 atom stereocenters. The average molecular weight is 284 g/mol. The quantitative estimate of drug-likeness (QED) is 0.759. The summed E-state index contributed by atoms with van der Waals surface area (Å²) in [5, 5.41) is 9.35. The Morgan fingerprint density at radius 1 is 1.20 bits per heavy atom. The molecule has 6 nitrogen and oxygen atoms in total. The number of likely N-dealkylation sites (tertiary alicyclic amines) is 1. The summed E-state index contributed by atoms with van der Waals surface area (Å²) in [6.45, 7) is 4.56. The van der Waals surface area contributed by atoms with Crippen molar-refractivity contribution >= 4 is 17.8 Å². The molecule has 0 radical (unpaired) electrons. The summed E-state index contributed by atoms with van der Waals surface area (Å²) in [6.07, 6.45) is 2.03. The fraction of sp³-hybridized carbons (Fsp3) is 0.786. The molecule has 0 aromatic rings. The van der Waals surface area contributed by atoms with Crippen LogP contribution in [0.3, 0.4) is 0 Å². The van der Waals surface area contributed by atoms with Crippen molar-refractivity contribution in [3.63, 3.8) is 0 Å². The molecule has 0 aliphatic carbocycles. The van der Waals surface area contributed by atoms with Gasteiger partial charge in [-0.05, 0) is 25.7 Å². The number of hydrogen-bond donors (Lipinski definition) is 2. The highest BCUT2D eigenvalue weighted by atomic mass is 16.4. The lowest BCUT2D eigenvalue weighted by Crippen LogP contribution is -2.44. The lowest BCUT2D eigenvalue weighted by Gasteiger charge is -2.34. The van der Waals surface area contributed by atoms with Crippen LogP contribution in [0.15, 0.2) is 0 Å². The van der Waals surface area contributed by atoms with Gasteiger partial charge >= 0.3 is 5.97 Å². The van der Waals surface area contributed by atoms with E-state index < -0.39 is 11.4 Å². The highest BCUT2D eigenvalue weighted by molar-refractivity contribution is 5.85. The lowest BCUT2D eigenvalue weighted by atomic mass is 9.78. The van der Waals surface area contributed by atoms with Crippen molar-refractivity contribution in [3.05, 3.63) is 0 Å². The molecular formula is C14H24N2O4. The molecule has 2 amide bonds. The van der Waals surface area contributed by atoms with E-state index in [0.29, 0.717) is 38.8 Å². The van der Waals surface area contributed by atoms with E-state index in [9.17, 15) is 19.5 Å². The Bertz CT molecular complexity index is 383. The Balaban J connectivity index is 2.63. The number of aliphatic carboxylic acids is 1. The summed E-state index contributed by atoms with van der Waals surface area (Å²) in [5.41, 5.74) is 4.28. The fourth-order valence-corrected chi connectivity index (χ4v) is 2.69. The summed E-state index contributed by atoms with van der Waals surface area (Å²) in [4.78, 5) is 36.4. The number of carbonyl (C=O) groups is 3. The van der Waals surface area contributed by atoms with Crippen LogP contribution >= 0.6 is 0 Å². The van der Waals surface area contributed by atoms with Gasteiger partial charge in [-0.15, -0.1) is 0 Å². The Kier molecular flexibility index (Phi) is 5.53. The van der Waals surface area contributed by atoms with E-state index in [2.05, 4.69) is 0 Å². The number of carboxylic acid groups (broad SMARTS) is 1. The number of rotatable bonds is 6. The molecule has 1 saturated heterocycles. The fourth-order valence-electron chi connectivity index (χ4n) is 2.69. The van der Waals surface area contributed by atoms with Gasteiger partial charge < -0.3 is 15.7 Å². The molecule has 1 aliphatic rings. The third-order valence-electron chi connectivity index (χ3n) is 4.55. The van der Waals surface area contributed by atoms with Crippen molar-refractivity contribution in [2.45, 2.75) is 46.0 Å². The predicted octanol–water partition coefficient (Wildman–Crippen LogP) is 0.991. The van der Waals surface area contributed by atoms with Crippen molar-refractivity contribution in [1.29, 1.82) is 0 Å². The molecule has 1 rings (SSSR count). The average Bonchev–Trinajstić information content (AvgIpc) is 2.44. The van der Waals surface area contributed by atoms with Crippen LogP contribution in [0.4, 0.5) is 0 Å². The first-order valence-electron chi connectivity index (χ1n) is 7.16. The van der Waals surface area contributed by atoms with Gasteiger partial charge in [-0.1, -0.05) is 13.8 Å². The molecule has 1 aliphatic heterocycles. The second kappa shape index (κ2) is 6.72. The summed E-state index contributed by atoms with van der Waals surface area (Å²) in [7, 11) is 0. The minimum absolute atomic E-state index is 0.0244. The Morgan fingerprint density at radius 3 is 2.05 bits per heavy atom. The van der Waals surface area contributed by atoms with Crippen molar-refractivity contribution in [1.82, 2.24) is 4.90 Å². The van der Waals surface area contributed by atoms with Gasteiger partial charge in [0.15, 0.2) is 0 Å². The third kappa shape index (κ3) is 3.49. The molecule has 0 aromatic carbocycles. The van der Waals surface area contributed by atoms with E-state index in [0.717, 1.165) is 0 Å². The highest BCUT2D eigenvalue weighted by Crippen LogP contribution is 2.32. The number of carboxylic acids is 1. The van der Waals surface area contributed by atoms with Gasteiger partial charge in [-0.3, -0.25) is 14.4 Å². The van der Waals surface area contributed by atoms with Gasteiger partial charge in [0.1, 0.15) is 0 Å². The first-order chi connectivity index (χ1) is 9.36. The minimum atomic E-state index is -0.975. The predicted molar refractivity (Wildman–Crippen MR) is 73.8 cm³/mol. The van der Waals surface area contributed by atoms with Gasteiger partial charge in [-0.2, -0.15) is 0 Å². The maximum Gasteiger partial charge on any atom is 0.310 e. The van der Waals surface area contributed by atoms with E-state index in [1.807, 2.05) is 0 Å². The number of nitrogens with zero attached hydrogens (tertiary/aromatic N) is 1. The summed E-state index contributed by atoms with van der Waals surface area (Å²) in [6, 6.07) is 0. The first-order valence-corrected chi connectivity index (χ1v) is 7.16. The van der Waals surface area contributed by atoms with Gasteiger partial charge in [0.2, 0.25) is 11.8 Å². The van der Waals surface area contributed by atoms with Crippen LogP contribution in [0.25, 0.3) is 0 Å². The van der Waals surface area contributed by atoms with Crippen LogP contribution in [-0.2, 0) is 14.4 Å². The third-order valence-corrected chi connectivity index (χ3v) is 4.55.